The first-order valence-electron chi connectivity index (χ1n) is 6.54. The molecule has 0 fully saturated rings. The monoisotopic (exact) mass is 242 g/mol. The third-order valence-electron chi connectivity index (χ3n) is 3.32. The van der Waals surface area contributed by atoms with E-state index in [4.69, 9.17) is 5.26 Å². The van der Waals surface area contributed by atoms with Gasteiger partial charge in [0.2, 0.25) is 0 Å². The van der Waals surface area contributed by atoms with Crippen molar-refractivity contribution in [1.29, 1.82) is 5.26 Å². The highest BCUT2D eigenvalue weighted by Gasteiger charge is 2.16. The van der Waals surface area contributed by atoms with Crippen molar-refractivity contribution in [3.63, 3.8) is 0 Å². The first kappa shape index (κ1) is 12.6. The molecule has 0 spiro atoms. The van der Waals surface area contributed by atoms with Gasteiger partial charge in [-0.3, -0.25) is 4.40 Å². The van der Waals surface area contributed by atoms with Crippen molar-refractivity contribution < 1.29 is 0 Å². The number of nitrogens with zero attached hydrogens (tertiary/aromatic N) is 4. The summed E-state index contributed by atoms with van der Waals surface area (Å²) in [5.41, 5.74) is 1.47. The molecule has 4 nitrogen and oxygen atoms in total. The van der Waals surface area contributed by atoms with Gasteiger partial charge in [-0.2, -0.15) is 5.26 Å². The molecule has 1 atom stereocenters. The number of aromatic nitrogens is 3. The van der Waals surface area contributed by atoms with Gasteiger partial charge in [-0.05, 0) is 25.0 Å². The van der Waals surface area contributed by atoms with Crippen molar-refractivity contribution in [2.45, 2.75) is 45.4 Å². The number of fused-ring (bicyclic) bond motifs is 1. The van der Waals surface area contributed by atoms with Crippen molar-refractivity contribution in [2.24, 2.45) is 0 Å². The number of pyridine rings is 1. The number of unbranched alkanes of at least 4 members (excludes halogenated alkanes) is 1. The molecule has 0 bridgehead atoms. The minimum atomic E-state index is 0.425. The molecular formula is C14H18N4. The first-order chi connectivity index (χ1) is 8.80. The zero-order chi connectivity index (χ0) is 13.0. The van der Waals surface area contributed by atoms with Crippen molar-refractivity contribution in [3.8, 4) is 6.07 Å². The largest absolute Gasteiger partial charge is 0.285 e. The van der Waals surface area contributed by atoms with Crippen LogP contribution in [0.2, 0.25) is 0 Å². The second-order valence-electron chi connectivity index (χ2n) is 4.56. The summed E-state index contributed by atoms with van der Waals surface area (Å²) in [5.74, 6) is 1.41. The fourth-order valence-electron chi connectivity index (χ4n) is 2.22. The summed E-state index contributed by atoms with van der Waals surface area (Å²) in [4.78, 5) is 0. The minimum Gasteiger partial charge on any atom is -0.285 e. The van der Waals surface area contributed by atoms with Crippen LogP contribution in [0.4, 0.5) is 0 Å². The number of nitriles is 1. The fourth-order valence-corrected chi connectivity index (χ4v) is 2.22. The molecule has 0 amide bonds. The van der Waals surface area contributed by atoms with Gasteiger partial charge in [-0.1, -0.05) is 26.7 Å². The molecule has 0 saturated carbocycles. The van der Waals surface area contributed by atoms with Crippen molar-refractivity contribution >= 4 is 5.65 Å². The standard InChI is InChI=1S/C14H18N4/c1-3-5-6-12(4-2)14-17-16-13-8-7-11(9-15)10-18(13)14/h7-8,10,12H,3-6H2,1-2H3. The molecule has 0 aliphatic heterocycles. The molecule has 2 aromatic rings. The van der Waals surface area contributed by atoms with Crippen molar-refractivity contribution in [1.82, 2.24) is 14.6 Å². The Morgan fingerprint density at radius 1 is 1.33 bits per heavy atom. The lowest BCUT2D eigenvalue weighted by molar-refractivity contribution is 0.539. The van der Waals surface area contributed by atoms with Gasteiger partial charge in [-0.15, -0.1) is 10.2 Å². The first-order valence-corrected chi connectivity index (χ1v) is 6.54. The van der Waals surface area contributed by atoms with Crippen LogP contribution in [0.1, 0.15) is 56.8 Å². The van der Waals surface area contributed by atoms with Gasteiger partial charge < -0.3 is 0 Å². The Balaban J connectivity index is 2.40. The molecule has 2 rings (SSSR count). The molecule has 18 heavy (non-hydrogen) atoms. The molecule has 4 heteroatoms. The van der Waals surface area contributed by atoms with Gasteiger partial charge in [0, 0.05) is 12.1 Å². The van der Waals surface area contributed by atoms with Gasteiger partial charge in [0.25, 0.3) is 0 Å². The molecule has 0 aliphatic carbocycles. The van der Waals surface area contributed by atoms with Crippen LogP contribution in [-0.4, -0.2) is 14.6 Å². The Hall–Kier alpha value is -1.89. The third-order valence-corrected chi connectivity index (χ3v) is 3.32. The molecule has 0 aromatic carbocycles. The predicted molar refractivity (Wildman–Crippen MR) is 70.3 cm³/mol. The van der Waals surface area contributed by atoms with Gasteiger partial charge in [0.15, 0.2) is 5.65 Å². The molecule has 94 valence electrons. The zero-order valence-electron chi connectivity index (χ0n) is 10.9. The average molecular weight is 242 g/mol. The summed E-state index contributed by atoms with van der Waals surface area (Å²) in [6.45, 7) is 4.37. The summed E-state index contributed by atoms with van der Waals surface area (Å²) in [6.07, 6.45) is 6.41. The van der Waals surface area contributed by atoms with E-state index in [0.717, 1.165) is 24.3 Å². The third kappa shape index (κ3) is 2.35. The SMILES string of the molecule is CCCCC(CC)c1nnc2ccc(C#N)cn12. The summed E-state index contributed by atoms with van der Waals surface area (Å²) < 4.78 is 1.96. The lowest BCUT2D eigenvalue weighted by Crippen LogP contribution is -2.04. The Labute approximate surface area is 107 Å². The summed E-state index contributed by atoms with van der Waals surface area (Å²) >= 11 is 0. The molecule has 0 aliphatic rings. The van der Waals surface area contributed by atoms with E-state index in [9.17, 15) is 0 Å². The van der Waals surface area contributed by atoms with E-state index in [1.54, 1.807) is 6.07 Å². The lowest BCUT2D eigenvalue weighted by Gasteiger charge is -2.12. The average Bonchev–Trinajstić information content (AvgIpc) is 2.83. The van der Waals surface area contributed by atoms with Crippen LogP contribution in [0.5, 0.6) is 0 Å². The quantitative estimate of drug-likeness (QED) is 0.808. The van der Waals surface area contributed by atoms with Crippen LogP contribution < -0.4 is 0 Å². The van der Waals surface area contributed by atoms with E-state index in [-0.39, 0.29) is 0 Å². The maximum absolute atomic E-state index is 8.96. The highest BCUT2D eigenvalue weighted by molar-refractivity contribution is 5.43. The van der Waals surface area contributed by atoms with Gasteiger partial charge in [-0.25, -0.2) is 0 Å². The van der Waals surface area contributed by atoms with E-state index in [0.29, 0.717) is 11.5 Å². The van der Waals surface area contributed by atoms with Crippen molar-refractivity contribution in [2.75, 3.05) is 0 Å². The van der Waals surface area contributed by atoms with E-state index in [1.165, 1.54) is 12.8 Å². The maximum Gasteiger partial charge on any atom is 0.160 e. The zero-order valence-corrected chi connectivity index (χ0v) is 10.9. The van der Waals surface area contributed by atoms with Gasteiger partial charge in [0.05, 0.1) is 5.56 Å². The van der Waals surface area contributed by atoms with E-state index in [1.807, 2.05) is 16.7 Å². The fraction of sp³-hybridized carbons (Fsp3) is 0.500. The second-order valence-corrected chi connectivity index (χ2v) is 4.56. The van der Waals surface area contributed by atoms with Crippen LogP contribution in [0, 0.1) is 11.3 Å². The minimum absolute atomic E-state index is 0.425. The molecular weight excluding hydrogens is 224 g/mol. The summed E-state index contributed by atoms with van der Waals surface area (Å²) in [6, 6.07) is 5.79. The number of rotatable bonds is 5. The van der Waals surface area contributed by atoms with Gasteiger partial charge >= 0.3 is 0 Å². The molecule has 0 N–H and O–H groups in total. The predicted octanol–water partition coefficient (Wildman–Crippen LogP) is 3.28. The van der Waals surface area contributed by atoms with Crippen LogP contribution in [-0.2, 0) is 0 Å². The lowest BCUT2D eigenvalue weighted by atomic mass is 9.98. The number of hydrogen-bond donors (Lipinski definition) is 0. The topological polar surface area (TPSA) is 54.0 Å². The molecule has 2 heterocycles. The Bertz CT molecular complexity index is 565. The second kappa shape index (κ2) is 5.63. The molecule has 0 radical (unpaired) electrons. The molecule has 1 unspecified atom stereocenters. The molecule has 0 saturated heterocycles. The Kier molecular flexibility index (Phi) is 3.93. The summed E-state index contributed by atoms with van der Waals surface area (Å²) in [5, 5.41) is 17.4. The Morgan fingerprint density at radius 3 is 2.83 bits per heavy atom. The number of hydrogen-bond acceptors (Lipinski definition) is 3. The molecule has 2 aromatic heterocycles. The van der Waals surface area contributed by atoms with Crippen LogP contribution in [0.15, 0.2) is 18.3 Å². The van der Waals surface area contributed by atoms with Crippen LogP contribution in [0.3, 0.4) is 0 Å². The van der Waals surface area contributed by atoms with Crippen LogP contribution in [0.25, 0.3) is 5.65 Å². The van der Waals surface area contributed by atoms with Crippen molar-refractivity contribution in [3.05, 3.63) is 29.7 Å². The highest BCUT2D eigenvalue weighted by atomic mass is 15.2. The summed E-state index contributed by atoms with van der Waals surface area (Å²) in [7, 11) is 0. The Morgan fingerprint density at radius 2 is 2.17 bits per heavy atom. The van der Waals surface area contributed by atoms with E-state index >= 15 is 0 Å². The smallest absolute Gasteiger partial charge is 0.160 e. The van der Waals surface area contributed by atoms with Gasteiger partial charge in [0.1, 0.15) is 11.9 Å². The van der Waals surface area contributed by atoms with E-state index in [2.05, 4.69) is 30.1 Å². The van der Waals surface area contributed by atoms with E-state index < -0.39 is 0 Å². The normalized spacial score (nSPS) is 12.5. The highest BCUT2D eigenvalue weighted by Crippen LogP contribution is 2.24. The van der Waals surface area contributed by atoms with Crippen LogP contribution >= 0.6 is 0 Å². The maximum atomic E-state index is 8.96.